The maximum Gasteiger partial charge on any atom is 0.262 e. The van der Waals surface area contributed by atoms with Crippen molar-refractivity contribution >= 4 is 51.8 Å². The minimum absolute atomic E-state index is 0.0729. The Morgan fingerprint density at radius 2 is 1.92 bits per heavy atom. The van der Waals surface area contributed by atoms with Gasteiger partial charge < -0.3 is 9.64 Å². The number of nitrogens with zero attached hydrogens (tertiary/aromatic N) is 4. The Labute approximate surface area is 229 Å². The molecule has 0 N–H and O–H groups in total. The summed E-state index contributed by atoms with van der Waals surface area (Å²) in [6.07, 6.45) is 0.653. The Morgan fingerprint density at radius 1 is 1.11 bits per heavy atom. The van der Waals surface area contributed by atoms with Crippen molar-refractivity contribution < 1.29 is 14.3 Å². The maximum absolute atomic E-state index is 13.8. The molecular formula is C27H29ClN4O3S2. The van der Waals surface area contributed by atoms with Gasteiger partial charge >= 0.3 is 0 Å². The van der Waals surface area contributed by atoms with Gasteiger partial charge in [0.1, 0.15) is 6.54 Å². The van der Waals surface area contributed by atoms with Crippen LogP contribution in [0.5, 0.6) is 0 Å². The normalized spacial score (nSPS) is 18.2. The van der Waals surface area contributed by atoms with Crippen molar-refractivity contribution in [3.05, 3.63) is 79.1 Å². The van der Waals surface area contributed by atoms with Gasteiger partial charge in [0.05, 0.1) is 40.4 Å². The second kappa shape index (κ2) is 11.9. The minimum atomic E-state index is -0.252. The van der Waals surface area contributed by atoms with E-state index in [-0.39, 0.29) is 24.4 Å². The molecule has 10 heteroatoms. The number of rotatable bonds is 8. The Hall–Kier alpha value is -2.56. The van der Waals surface area contributed by atoms with Gasteiger partial charge in [-0.1, -0.05) is 29.8 Å². The van der Waals surface area contributed by atoms with E-state index in [2.05, 4.69) is 17.9 Å². The van der Waals surface area contributed by atoms with Crippen molar-refractivity contribution in [2.24, 2.45) is 5.10 Å². The van der Waals surface area contributed by atoms with Crippen molar-refractivity contribution in [3.8, 4) is 0 Å². The molecule has 2 aliphatic heterocycles. The lowest BCUT2D eigenvalue weighted by molar-refractivity contribution is -0.133. The molecule has 0 bridgehead atoms. The van der Waals surface area contributed by atoms with Gasteiger partial charge in [-0.25, -0.2) is 5.01 Å². The Bertz CT molecular complexity index is 1270. The number of hydrogen-bond acceptors (Lipinski definition) is 7. The van der Waals surface area contributed by atoms with E-state index in [0.717, 1.165) is 34.1 Å². The predicted octanol–water partition coefficient (Wildman–Crippen LogP) is 4.92. The first-order chi connectivity index (χ1) is 18.0. The summed E-state index contributed by atoms with van der Waals surface area (Å²) in [6.45, 7) is 6.02. The lowest BCUT2D eigenvalue weighted by Crippen LogP contribution is -2.46. The summed E-state index contributed by atoms with van der Waals surface area (Å²) in [5.41, 5.74) is 2.44. The van der Waals surface area contributed by atoms with Crippen molar-refractivity contribution in [2.45, 2.75) is 19.4 Å². The fourth-order valence-electron chi connectivity index (χ4n) is 4.64. The first-order valence-corrected chi connectivity index (χ1v) is 14.5. The van der Waals surface area contributed by atoms with E-state index in [1.54, 1.807) is 56.8 Å². The number of aryl methyl sites for hydroxylation is 1. The third-order valence-electron chi connectivity index (χ3n) is 6.68. The van der Waals surface area contributed by atoms with E-state index >= 15 is 0 Å². The number of benzene rings is 1. The summed E-state index contributed by atoms with van der Waals surface area (Å²) >= 11 is 9.63. The largest absolute Gasteiger partial charge is 0.379 e. The molecule has 37 heavy (non-hydrogen) atoms. The zero-order valence-electron chi connectivity index (χ0n) is 20.6. The maximum atomic E-state index is 13.8. The van der Waals surface area contributed by atoms with E-state index in [1.165, 1.54) is 0 Å². The molecule has 1 atom stereocenters. The van der Waals surface area contributed by atoms with Gasteiger partial charge in [0.15, 0.2) is 0 Å². The second-order valence-corrected chi connectivity index (χ2v) is 11.4. The monoisotopic (exact) mass is 556 g/mol. The van der Waals surface area contributed by atoms with Crippen molar-refractivity contribution in [1.29, 1.82) is 0 Å². The third-order valence-corrected chi connectivity index (χ3v) is 9.05. The standard InChI is InChI=1S/C27H29ClN4O3S2/c1-19-8-16-37-26(19)23-17-22(24-7-4-15-36-24)29-32(23)25(33)18-31(10-9-30-11-13-35-14-12-30)27(34)20-5-2-3-6-21(20)28/h2-8,15-16,23H,9-14,17-18H2,1H3/t23-/m1/s1. The number of hydrogen-bond donors (Lipinski definition) is 0. The Balaban J connectivity index is 1.40. The number of amides is 2. The Kier molecular flexibility index (Phi) is 8.36. The van der Waals surface area contributed by atoms with Gasteiger partial charge in [0.2, 0.25) is 0 Å². The topological polar surface area (TPSA) is 65.5 Å². The molecule has 2 aliphatic rings. The van der Waals surface area contributed by atoms with Crippen LogP contribution < -0.4 is 0 Å². The summed E-state index contributed by atoms with van der Waals surface area (Å²) in [6, 6.07) is 12.9. The van der Waals surface area contributed by atoms with Crippen LogP contribution in [0, 0.1) is 6.92 Å². The van der Waals surface area contributed by atoms with Crippen LogP contribution in [0.1, 0.15) is 38.1 Å². The summed E-state index contributed by atoms with van der Waals surface area (Å²) in [5, 5.41) is 10.8. The number of ether oxygens (including phenoxy) is 1. The number of morpholine rings is 1. The molecule has 4 heterocycles. The molecule has 2 aromatic heterocycles. The fraction of sp³-hybridized carbons (Fsp3) is 0.370. The van der Waals surface area contributed by atoms with Crippen LogP contribution in [-0.4, -0.2) is 78.3 Å². The van der Waals surface area contributed by atoms with Gasteiger partial charge in [0, 0.05) is 37.5 Å². The van der Waals surface area contributed by atoms with Gasteiger partial charge in [-0.15, -0.1) is 22.7 Å². The van der Waals surface area contributed by atoms with Crippen LogP contribution in [0.25, 0.3) is 0 Å². The highest BCUT2D eigenvalue weighted by molar-refractivity contribution is 7.12. The molecule has 0 radical (unpaired) electrons. The van der Waals surface area contributed by atoms with Crippen molar-refractivity contribution in [1.82, 2.24) is 14.8 Å². The molecule has 7 nitrogen and oxygen atoms in total. The van der Waals surface area contributed by atoms with Crippen LogP contribution in [0.4, 0.5) is 0 Å². The van der Waals surface area contributed by atoms with Crippen molar-refractivity contribution in [3.63, 3.8) is 0 Å². The first kappa shape index (κ1) is 26.1. The number of carbonyl (C=O) groups excluding carboxylic acids is 2. The van der Waals surface area contributed by atoms with Gasteiger partial charge in [-0.05, 0) is 47.5 Å². The average molecular weight is 557 g/mol. The van der Waals surface area contributed by atoms with Crippen LogP contribution in [0.15, 0.2) is 58.3 Å². The van der Waals surface area contributed by atoms with Crippen molar-refractivity contribution in [2.75, 3.05) is 45.9 Å². The average Bonchev–Trinajstić information content (AvgIpc) is 3.67. The number of thiophene rings is 2. The fourth-order valence-corrected chi connectivity index (χ4v) is 6.59. The first-order valence-electron chi connectivity index (χ1n) is 12.3. The summed E-state index contributed by atoms with van der Waals surface area (Å²) in [5.74, 6) is -0.454. The summed E-state index contributed by atoms with van der Waals surface area (Å²) in [7, 11) is 0. The van der Waals surface area contributed by atoms with Crippen LogP contribution in [-0.2, 0) is 9.53 Å². The molecule has 1 aromatic carbocycles. The van der Waals surface area contributed by atoms with E-state index in [9.17, 15) is 9.59 Å². The number of halogens is 1. The molecule has 0 aliphatic carbocycles. The quantitative estimate of drug-likeness (QED) is 0.395. The predicted molar refractivity (Wildman–Crippen MR) is 149 cm³/mol. The lowest BCUT2D eigenvalue weighted by Gasteiger charge is -2.31. The van der Waals surface area contributed by atoms with E-state index < -0.39 is 0 Å². The molecule has 0 spiro atoms. The number of hydrazone groups is 1. The van der Waals surface area contributed by atoms with Crippen LogP contribution >= 0.6 is 34.3 Å². The minimum Gasteiger partial charge on any atom is -0.379 e. The highest BCUT2D eigenvalue weighted by Crippen LogP contribution is 2.38. The molecule has 0 saturated carbocycles. The highest BCUT2D eigenvalue weighted by Gasteiger charge is 2.36. The Morgan fingerprint density at radius 3 is 2.62 bits per heavy atom. The molecule has 5 rings (SSSR count). The SMILES string of the molecule is Cc1ccsc1[C@H]1CC(c2cccs2)=NN1C(=O)CN(CCN1CCOCC1)C(=O)c1ccccc1Cl. The van der Waals surface area contributed by atoms with E-state index in [4.69, 9.17) is 21.4 Å². The second-order valence-electron chi connectivity index (χ2n) is 9.11. The molecular weight excluding hydrogens is 528 g/mol. The molecule has 1 saturated heterocycles. The van der Waals surface area contributed by atoms with E-state index in [1.807, 2.05) is 22.9 Å². The lowest BCUT2D eigenvalue weighted by atomic mass is 10.1. The number of carbonyl (C=O) groups is 2. The molecule has 0 unspecified atom stereocenters. The van der Waals surface area contributed by atoms with Crippen LogP contribution in [0.3, 0.4) is 0 Å². The third kappa shape index (κ3) is 5.97. The zero-order valence-corrected chi connectivity index (χ0v) is 23.0. The van der Waals surface area contributed by atoms with E-state index in [0.29, 0.717) is 43.3 Å². The zero-order chi connectivity index (χ0) is 25.8. The molecule has 194 valence electrons. The smallest absolute Gasteiger partial charge is 0.262 e. The van der Waals surface area contributed by atoms with Gasteiger partial charge in [-0.3, -0.25) is 14.5 Å². The summed E-state index contributed by atoms with van der Waals surface area (Å²) < 4.78 is 5.46. The van der Waals surface area contributed by atoms with Gasteiger partial charge in [-0.2, -0.15) is 5.10 Å². The van der Waals surface area contributed by atoms with Gasteiger partial charge in [0.25, 0.3) is 11.8 Å². The molecule has 2 amide bonds. The molecule has 1 fully saturated rings. The highest BCUT2D eigenvalue weighted by atomic mass is 35.5. The van der Waals surface area contributed by atoms with Crippen LogP contribution in [0.2, 0.25) is 5.02 Å². The summed E-state index contributed by atoms with van der Waals surface area (Å²) in [4.78, 5) is 33.5. The molecule has 3 aromatic rings.